The minimum atomic E-state index is -1.37. The van der Waals surface area contributed by atoms with Crippen molar-refractivity contribution in [1.82, 2.24) is 9.88 Å². The molecule has 1 N–H and O–H groups in total. The van der Waals surface area contributed by atoms with Gasteiger partial charge in [-0.25, -0.2) is 8.78 Å². The van der Waals surface area contributed by atoms with Crippen LogP contribution in [0.4, 0.5) is 14.5 Å². The zero-order valence-corrected chi connectivity index (χ0v) is 10.8. The minimum Gasteiger partial charge on any atom is -0.353 e. The second-order valence-electron chi connectivity index (χ2n) is 4.22. The summed E-state index contributed by atoms with van der Waals surface area (Å²) in [5.74, 6) is -3.51. The predicted octanol–water partition coefficient (Wildman–Crippen LogP) is 2.10. The molecule has 6 nitrogen and oxygen atoms in total. The molecular formula is C13H11F2N3O3. The first-order valence-corrected chi connectivity index (χ1v) is 6.01. The highest BCUT2D eigenvalue weighted by Gasteiger charge is 2.23. The highest BCUT2D eigenvalue weighted by Crippen LogP contribution is 2.22. The van der Waals surface area contributed by atoms with Gasteiger partial charge in [0.25, 0.3) is 11.6 Å². The van der Waals surface area contributed by atoms with Gasteiger partial charge < -0.3 is 9.88 Å². The lowest BCUT2D eigenvalue weighted by Gasteiger charge is -2.07. The summed E-state index contributed by atoms with van der Waals surface area (Å²) in [6.07, 6.45) is 3.57. The molecule has 1 amide bonds. The summed E-state index contributed by atoms with van der Waals surface area (Å²) in [5.41, 5.74) is -1.28. The predicted molar refractivity (Wildman–Crippen MR) is 69.8 cm³/mol. The van der Waals surface area contributed by atoms with E-state index < -0.39 is 33.7 Å². The van der Waals surface area contributed by atoms with E-state index in [1.807, 2.05) is 12.1 Å². The number of halogens is 2. The first-order valence-electron chi connectivity index (χ1n) is 6.01. The van der Waals surface area contributed by atoms with Crippen LogP contribution >= 0.6 is 0 Å². The number of nitro groups is 1. The molecule has 110 valence electrons. The van der Waals surface area contributed by atoms with Crippen LogP contribution in [0.1, 0.15) is 10.4 Å². The van der Waals surface area contributed by atoms with Crippen LogP contribution in [0.15, 0.2) is 36.7 Å². The highest BCUT2D eigenvalue weighted by atomic mass is 19.2. The normalized spacial score (nSPS) is 10.4. The Kier molecular flexibility index (Phi) is 4.27. The Morgan fingerprint density at radius 2 is 1.86 bits per heavy atom. The smallest absolute Gasteiger partial charge is 0.285 e. The van der Waals surface area contributed by atoms with Crippen LogP contribution in [0, 0.1) is 21.7 Å². The lowest BCUT2D eigenvalue weighted by Crippen LogP contribution is -2.27. The molecule has 0 saturated heterocycles. The molecule has 0 bridgehead atoms. The zero-order chi connectivity index (χ0) is 15.4. The summed E-state index contributed by atoms with van der Waals surface area (Å²) in [6, 6.07) is 4.54. The van der Waals surface area contributed by atoms with Gasteiger partial charge in [0.15, 0.2) is 11.6 Å². The fourth-order valence-corrected chi connectivity index (χ4v) is 1.78. The van der Waals surface area contributed by atoms with Crippen LogP contribution in [-0.4, -0.2) is 21.9 Å². The number of aromatic nitrogens is 1. The maximum atomic E-state index is 13.1. The van der Waals surface area contributed by atoms with Gasteiger partial charge in [0.05, 0.1) is 11.0 Å². The van der Waals surface area contributed by atoms with Crippen molar-refractivity contribution in [3.05, 3.63) is 64.0 Å². The van der Waals surface area contributed by atoms with Gasteiger partial charge in [0, 0.05) is 25.5 Å². The molecule has 8 heteroatoms. The molecule has 0 aliphatic rings. The second-order valence-corrected chi connectivity index (χ2v) is 4.22. The number of carbonyl (C=O) groups is 1. The number of nitrogens with zero attached hydrogens (tertiary/aromatic N) is 2. The van der Waals surface area contributed by atoms with Gasteiger partial charge in [-0.15, -0.1) is 0 Å². The number of hydrogen-bond acceptors (Lipinski definition) is 3. The Bertz CT molecular complexity index is 672. The molecule has 1 heterocycles. The molecule has 21 heavy (non-hydrogen) atoms. The SMILES string of the molecule is O=C(NCCn1cccc1)c1cc(F)c(F)cc1[N+](=O)[O-]. The molecule has 1 aromatic carbocycles. The van der Waals surface area contributed by atoms with Crippen molar-refractivity contribution >= 4 is 11.6 Å². The van der Waals surface area contributed by atoms with Crippen molar-refractivity contribution in [2.75, 3.05) is 6.54 Å². The van der Waals surface area contributed by atoms with Crippen LogP contribution in [0.25, 0.3) is 0 Å². The third-order valence-corrected chi connectivity index (χ3v) is 2.80. The molecule has 1 aromatic heterocycles. The maximum Gasteiger partial charge on any atom is 0.285 e. The van der Waals surface area contributed by atoms with Gasteiger partial charge in [0.1, 0.15) is 5.56 Å². The summed E-state index contributed by atoms with van der Waals surface area (Å²) < 4.78 is 27.9. The summed E-state index contributed by atoms with van der Waals surface area (Å²) in [7, 11) is 0. The molecule has 2 rings (SSSR count). The van der Waals surface area contributed by atoms with Crippen LogP contribution in [0.3, 0.4) is 0 Å². The average Bonchev–Trinajstić information content (AvgIpc) is 2.94. The molecule has 0 aliphatic carbocycles. The van der Waals surface area contributed by atoms with Crippen molar-refractivity contribution in [1.29, 1.82) is 0 Å². The number of amides is 1. The van der Waals surface area contributed by atoms with Crippen LogP contribution in [0.2, 0.25) is 0 Å². The van der Waals surface area contributed by atoms with Crippen LogP contribution in [-0.2, 0) is 6.54 Å². The monoisotopic (exact) mass is 295 g/mol. The molecule has 0 fully saturated rings. The van der Waals surface area contributed by atoms with E-state index in [4.69, 9.17) is 0 Å². The topological polar surface area (TPSA) is 77.2 Å². The van der Waals surface area contributed by atoms with E-state index >= 15 is 0 Å². The van der Waals surface area contributed by atoms with E-state index in [-0.39, 0.29) is 6.54 Å². The van der Waals surface area contributed by atoms with E-state index in [1.54, 1.807) is 17.0 Å². The van der Waals surface area contributed by atoms with Crippen molar-refractivity contribution in [3.63, 3.8) is 0 Å². The minimum absolute atomic E-state index is 0.198. The second kappa shape index (κ2) is 6.12. The van der Waals surface area contributed by atoms with Crippen molar-refractivity contribution < 1.29 is 18.5 Å². The number of nitro benzene ring substituents is 1. The first-order chi connectivity index (χ1) is 9.99. The molecule has 2 aromatic rings. The molecule has 0 radical (unpaired) electrons. The van der Waals surface area contributed by atoms with Crippen LogP contribution < -0.4 is 5.32 Å². The van der Waals surface area contributed by atoms with E-state index in [2.05, 4.69) is 5.32 Å². The van der Waals surface area contributed by atoms with Crippen molar-refractivity contribution in [2.45, 2.75) is 6.54 Å². The van der Waals surface area contributed by atoms with Gasteiger partial charge in [-0.1, -0.05) is 0 Å². The summed E-state index contributed by atoms with van der Waals surface area (Å²) in [6.45, 7) is 0.653. The standard InChI is InChI=1S/C13H11F2N3O3/c14-10-7-9(12(18(20)21)8-11(10)15)13(19)16-3-6-17-4-1-2-5-17/h1-2,4-5,7-8H,3,6H2,(H,16,19). The Morgan fingerprint density at radius 1 is 1.24 bits per heavy atom. The summed E-state index contributed by atoms with van der Waals surface area (Å²) in [4.78, 5) is 21.7. The molecule has 0 unspecified atom stereocenters. The largest absolute Gasteiger partial charge is 0.353 e. The summed E-state index contributed by atoms with van der Waals surface area (Å²) in [5, 5.41) is 13.2. The Hall–Kier alpha value is -2.77. The Morgan fingerprint density at radius 3 is 2.48 bits per heavy atom. The lowest BCUT2D eigenvalue weighted by atomic mass is 10.1. The maximum absolute atomic E-state index is 13.1. The third-order valence-electron chi connectivity index (χ3n) is 2.80. The van der Waals surface area contributed by atoms with E-state index in [0.29, 0.717) is 18.7 Å². The zero-order valence-electron chi connectivity index (χ0n) is 10.8. The fraction of sp³-hybridized carbons (Fsp3) is 0.154. The Balaban J connectivity index is 2.11. The molecular weight excluding hydrogens is 284 g/mol. The number of carbonyl (C=O) groups excluding carboxylic acids is 1. The molecule has 0 atom stereocenters. The lowest BCUT2D eigenvalue weighted by molar-refractivity contribution is -0.385. The quantitative estimate of drug-likeness (QED) is 0.678. The summed E-state index contributed by atoms with van der Waals surface area (Å²) >= 11 is 0. The number of nitrogens with one attached hydrogen (secondary N) is 1. The fourth-order valence-electron chi connectivity index (χ4n) is 1.78. The average molecular weight is 295 g/mol. The van der Waals surface area contributed by atoms with Crippen molar-refractivity contribution in [3.8, 4) is 0 Å². The number of benzene rings is 1. The molecule has 0 saturated carbocycles. The van der Waals surface area contributed by atoms with Gasteiger partial charge in [-0.05, 0) is 18.2 Å². The Labute approximate surface area is 118 Å². The highest BCUT2D eigenvalue weighted by molar-refractivity contribution is 5.98. The van der Waals surface area contributed by atoms with Gasteiger partial charge in [0.2, 0.25) is 0 Å². The van der Waals surface area contributed by atoms with Crippen molar-refractivity contribution in [2.24, 2.45) is 0 Å². The van der Waals surface area contributed by atoms with E-state index in [0.717, 1.165) is 0 Å². The van der Waals surface area contributed by atoms with Crippen LogP contribution in [0.5, 0.6) is 0 Å². The molecule has 0 aliphatic heterocycles. The van der Waals surface area contributed by atoms with Gasteiger partial charge in [-0.3, -0.25) is 14.9 Å². The first kappa shape index (κ1) is 14.6. The third kappa shape index (κ3) is 3.41. The van der Waals surface area contributed by atoms with E-state index in [9.17, 15) is 23.7 Å². The van der Waals surface area contributed by atoms with Gasteiger partial charge >= 0.3 is 0 Å². The van der Waals surface area contributed by atoms with E-state index in [1.165, 1.54) is 0 Å². The molecule has 0 spiro atoms. The number of hydrogen-bond donors (Lipinski definition) is 1. The van der Waals surface area contributed by atoms with Gasteiger partial charge in [-0.2, -0.15) is 0 Å². The number of rotatable bonds is 5.